The first-order valence-electron chi connectivity index (χ1n) is 8.16. The molecule has 1 aromatic carbocycles. The number of aryl methyl sites for hydroxylation is 1. The number of hydrogen-bond acceptors (Lipinski definition) is 4. The van der Waals surface area contributed by atoms with E-state index in [2.05, 4.69) is 12.1 Å². The molecular formula is C19H21NO4. The summed E-state index contributed by atoms with van der Waals surface area (Å²) in [6.45, 7) is 3.33. The maximum atomic E-state index is 12.1. The van der Waals surface area contributed by atoms with E-state index in [-0.39, 0.29) is 18.4 Å². The molecule has 1 aliphatic heterocycles. The van der Waals surface area contributed by atoms with E-state index in [4.69, 9.17) is 9.15 Å². The van der Waals surface area contributed by atoms with Crippen LogP contribution in [0.5, 0.6) is 0 Å². The highest BCUT2D eigenvalue weighted by Gasteiger charge is 2.30. The Morgan fingerprint density at radius 1 is 1.29 bits per heavy atom. The molecule has 126 valence electrons. The molecular weight excluding hydrogens is 306 g/mol. The van der Waals surface area contributed by atoms with Crippen LogP contribution >= 0.6 is 0 Å². The van der Waals surface area contributed by atoms with Crippen LogP contribution in [0.25, 0.3) is 0 Å². The minimum Gasteiger partial charge on any atom is -0.469 e. The van der Waals surface area contributed by atoms with Crippen LogP contribution in [-0.2, 0) is 16.0 Å². The predicted molar refractivity (Wildman–Crippen MR) is 88.6 cm³/mol. The van der Waals surface area contributed by atoms with E-state index in [0.717, 1.165) is 6.42 Å². The molecule has 1 aliphatic rings. The number of hydrogen-bond donors (Lipinski definition) is 0. The van der Waals surface area contributed by atoms with Gasteiger partial charge in [0.25, 0.3) is 0 Å². The molecule has 24 heavy (non-hydrogen) atoms. The van der Waals surface area contributed by atoms with Crippen LogP contribution in [0.1, 0.15) is 28.1 Å². The van der Waals surface area contributed by atoms with Crippen LogP contribution in [0.3, 0.4) is 0 Å². The van der Waals surface area contributed by atoms with Crippen molar-refractivity contribution in [3.8, 4) is 0 Å². The van der Waals surface area contributed by atoms with Crippen molar-refractivity contribution >= 4 is 11.9 Å². The van der Waals surface area contributed by atoms with Gasteiger partial charge in [-0.05, 0) is 25.0 Å². The van der Waals surface area contributed by atoms with Crippen LogP contribution < -0.4 is 0 Å². The molecule has 0 spiro atoms. The van der Waals surface area contributed by atoms with E-state index in [9.17, 15) is 9.59 Å². The van der Waals surface area contributed by atoms with Gasteiger partial charge < -0.3 is 14.1 Å². The van der Waals surface area contributed by atoms with Crippen molar-refractivity contribution in [2.24, 2.45) is 5.92 Å². The summed E-state index contributed by atoms with van der Waals surface area (Å²) in [5.74, 6) is 0.347. The van der Waals surface area contributed by atoms with E-state index in [0.29, 0.717) is 30.8 Å². The van der Waals surface area contributed by atoms with Crippen molar-refractivity contribution in [3.05, 3.63) is 59.5 Å². The Labute approximate surface area is 141 Å². The van der Waals surface area contributed by atoms with Gasteiger partial charge in [-0.25, -0.2) is 4.79 Å². The fraction of sp³-hybridized carbons (Fsp3) is 0.368. The summed E-state index contributed by atoms with van der Waals surface area (Å²) >= 11 is 0. The van der Waals surface area contributed by atoms with Gasteiger partial charge in [0, 0.05) is 25.4 Å². The molecule has 0 aliphatic carbocycles. The molecule has 0 N–H and O–H groups in total. The summed E-state index contributed by atoms with van der Waals surface area (Å²) in [5.41, 5.74) is 1.66. The predicted octanol–water partition coefficient (Wildman–Crippen LogP) is 2.84. The molecule has 1 atom stereocenters. The normalized spacial score (nSPS) is 17.3. The topological polar surface area (TPSA) is 59.8 Å². The van der Waals surface area contributed by atoms with E-state index in [1.165, 1.54) is 11.8 Å². The van der Waals surface area contributed by atoms with Gasteiger partial charge in [-0.15, -0.1) is 0 Å². The Morgan fingerprint density at radius 3 is 2.79 bits per heavy atom. The van der Waals surface area contributed by atoms with Gasteiger partial charge in [-0.3, -0.25) is 4.79 Å². The van der Waals surface area contributed by atoms with Gasteiger partial charge in [-0.1, -0.05) is 30.3 Å². The second-order valence-corrected chi connectivity index (χ2v) is 6.13. The van der Waals surface area contributed by atoms with Gasteiger partial charge in [0.2, 0.25) is 5.91 Å². The van der Waals surface area contributed by atoms with Crippen molar-refractivity contribution in [1.82, 2.24) is 4.90 Å². The first-order valence-corrected chi connectivity index (χ1v) is 8.16. The van der Waals surface area contributed by atoms with Crippen molar-refractivity contribution < 1.29 is 18.7 Å². The fourth-order valence-electron chi connectivity index (χ4n) is 2.96. The summed E-state index contributed by atoms with van der Waals surface area (Å²) in [7, 11) is 0. The second kappa shape index (κ2) is 7.34. The number of amides is 1. The van der Waals surface area contributed by atoms with Crippen LogP contribution in [0.2, 0.25) is 0 Å². The Hall–Kier alpha value is -2.56. The number of furan rings is 1. The largest absolute Gasteiger partial charge is 0.469 e. The van der Waals surface area contributed by atoms with Crippen LogP contribution in [0.15, 0.2) is 47.1 Å². The average molecular weight is 327 g/mol. The van der Waals surface area contributed by atoms with Crippen LogP contribution in [0.4, 0.5) is 0 Å². The molecule has 2 heterocycles. The monoisotopic (exact) mass is 327 g/mol. The van der Waals surface area contributed by atoms with Gasteiger partial charge in [0.15, 0.2) is 0 Å². The SMILES string of the molecule is Cc1occc1C(=O)OC[C@@H]1CC(=O)N(CCc2ccccc2)C1. The minimum atomic E-state index is -0.392. The van der Waals surface area contributed by atoms with Gasteiger partial charge in [-0.2, -0.15) is 0 Å². The summed E-state index contributed by atoms with van der Waals surface area (Å²) in [6, 6.07) is 11.7. The highest BCUT2D eigenvalue weighted by Crippen LogP contribution is 2.20. The molecule has 5 heteroatoms. The maximum Gasteiger partial charge on any atom is 0.341 e. The molecule has 3 rings (SSSR count). The summed E-state index contributed by atoms with van der Waals surface area (Å²) < 4.78 is 10.4. The van der Waals surface area contributed by atoms with Crippen molar-refractivity contribution in [3.63, 3.8) is 0 Å². The minimum absolute atomic E-state index is 0.0597. The summed E-state index contributed by atoms with van der Waals surface area (Å²) in [4.78, 5) is 25.9. The third kappa shape index (κ3) is 3.85. The lowest BCUT2D eigenvalue weighted by molar-refractivity contribution is -0.127. The zero-order valence-electron chi connectivity index (χ0n) is 13.7. The Morgan fingerprint density at radius 2 is 2.08 bits per heavy atom. The number of nitrogens with zero attached hydrogens (tertiary/aromatic N) is 1. The number of ether oxygens (including phenoxy) is 1. The Bertz CT molecular complexity index is 707. The van der Waals surface area contributed by atoms with Crippen LogP contribution in [-0.4, -0.2) is 36.5 Å². The molecule has 2 aromatic rings. The molecule has 1 fully saturated rings. The lowest BCUT2D eigenvalue weighted by Gasteiger charge is -2.16. The highest BCUT2D eigenvalue weighted by molar-refractivity contribution is 5.90. The molecule has 0 radical (unpaired) electrons. The van der Waals surface area contributed by atoms with E-state index in [1.54, 1.807) is 13.0 Å². The van der Waals surface area contributed by atoms with E-state index >= 15 is 0 Å². The number of benzene rings is 1. The highest BCUT2D eigenvalue weighted by atomic mass is 16.5. The zero-order chi connectivity index (χ0) is 16.9. The van der Waals surface area contributed by atoms with Crippen molar-refractivity contribution in [2.75, 3.05) is 19.7 Å². The molecule has 1 amide bonds. The van der Waals surface area contributed by atoms with Gasteiger partial charge in [0.05, 0.1) is 12.9 Å². The van der Waals surface area contributed by atoms with Gasteiger partial charge >= 0.3 is 5.97 Å². The third-order valence-electron chi connectivity index (χ3n) is 4.34. The third-order valence-corrected chi connectivity index (χ3v) is 4.34. The summed E-state index contributed by atoms with van der Waals surface area (Å²) in [5, 5.41) is 0. The molecule has 1 aromatic heterocycles. The zero-order valence-corrected chi connectivity index (χ0v) is 13.7. The maximum absolute atomic E-state index is 12.1. The fourth-order valence-corrected chi connectivity index (χ4v) is 2.96. The molecule has 1 saturated heterocycles. The number of likely N-dealkylation sites (tertiary alicyclic amines) is 1. The first kappa shape index (κ1) is 16.3. The first-order chi connectivity index (χ1) is 11.6. The Kier molecular flexibility index (Phi) is 4.99. The number of rotatable bonds is 6. The van der Waals surface area contributed by atoms with Crippen molar-refractivity contribution in [1.29, 1.82) is 0 Å². The number of esters is 1. The number of carbonyl (C=O) groups is 2. The molecule has 5 nitrogen and oxygen atoms in total. The average Bonchev–Trinajstić information content (AvgIpc) is 3.17. The second-order valence-electron chi connectivity index (χ2n) is 6.13. The quantitative estimate of drug-likeness (QED) is 0.766. The van der Waals surface area contributed by atoms with E-state index in [1.807, 2.05) is 23.1 Å². The smallest absolute Gasteiger partial charge is 0.341 e. The summed E-state index contributed by atoms with van der Waals surface area (Å²) in [6.07, 6.45) is 2.75. The lowest BCUT2D eigenvalue weighted by Crippen LogP contribution is -2.28. The number of carbonyl (C=O) groups excluding carboxylic acids is 2. The molecule has 0 saturated carbocycles. The van der Waals surface area contributed by atoms with Crippen molar-refractivity contribution in [2.45, 2.75) is 19.8 Å². The lowest BCUT2D eigenvalue weighted by atomic mass is 10.1. The molecule has 0 bridgehead atoms. The molecule has 0 unspecified atom stereocenters. The van der Waals surface area contributed by atoms with Crippen LogP contribution in [0, 0.1) is 12.8 Å². The van der Waals surface area contributed by atoms with E-state index < -0.39 is 5.97 Å². The van der Waals surface area contributed by atoms with Gasteiger partial charge in [0.1, 0.15) is 11.3 Å². The Balaban J connectivity index is 1.46. The standard InChI is InChI=1S/C19H21NO4/c1-14-17(8-10-23-14)19(22)24-13-16-11-18(21)20(12-16)9-7-15-5-3-2-4-6-15/h2-6,8,10,16H,7,9,11-13H2,1H3/t16-/m1/s1.